The van der Waals surface area contributed by atoms with Gasteiger partial charge in [-0.25, -0.2) is 0 Å². The minimum absolute atomic E-state index is 0.0374. The van der Waals surface area contributed by atoms with E-state index in [-0.39, 0.29) is 17.9 Å². The van der Waals surface area contributed by atoms with Crippen LogP contribution in [0.25, 0.3) is 0 Å². The summed E-state index contributed by atoms with van der Waals surface area (Å²) in [6, 6.07) is 15.8. The van der Waals surface area contributed by atoms with Crippen LogP contribution in [-0.4, -0.2) is 55.7 Å². The Kier molecular flexibility index (Phi) is 7.46. The number of hydrogen-bond acceptors (Lipinski definition) is 5. The number of carbonyl (C=O) groups is 1. The molecule has 5 rings (SSSR count). The molecule has 2 aromatic rings. The van der Waals surface area contributed by atoms with Gasteiger partial charge in [0.2, 0.25) is 5.91 Å². The van der Waals surface area contributed by atoms with E-state index in [4.69, 9.17) is 21.6 Å². The maximum Gasteiger partial charge on any atom is 0.225 e. The maximum absolute atomic E-state index is 13.3. The molecule has 2 saturated heterocycles. The van der Waals surface area contributed by atoms with Crippen LogP contribution in [-0.2, 0) is 11.2 Å². The van der Waals surface area contributed by atoms with Gasteiger partial charge < -0.3 is 19.9 Å². The van der Waals surface area contributed by atoms with Gasteiger partial charge >= 0.3 is 0 Å². The van der Waals surface area contributed by atoms with Crippen molar-refractivity contribution in [2.45, 2.75) is 50.7 Å². The van der Waals surface area contributed by atoms with Crippen molar-refractivity contribution in [3.8, 4) is 11.8 Å². The molecule has 2 unspecified atom stereocenters. The molecule has 0 aromatic heterocycles. The molecule has 2 aromatic carbocycles. The number of nitrogens with zero attached hydrogens (tertiary/aromatic N) is 3. The van der Waals surface area contributed by atoms with Crippen molar-refractivity contribution >= 4 is 23.2 Å². The highest BCUT2D eigenvalue weighted by atomic mass is 35.5. The normalized spacial score (nSPS) is 21.0. The van der Waals surface area contributed by atoms with E-state index in [0.29, 0.717) is 23.2 Å². The number of halogens is 1. The molecule has 0 spiro atoms. The van der Waals surface area contributed by atoms with Crippen LogP contribution in [0.3, 0.4) is 0 Å². The zero-order valence-electron chi connectivity index (χ0n) is 20.1. The van der Waals surface area contributed by atoms with Gasteiger partial charge in [0, 0.05) is 31.4 Å². The van der Waals surface area contributed by atoms with E-state index in [1.54, 1.807) is 0 Å². The van der Waals surface area contributed by atoms with Gasteiger partial charge in [-0.3, -0.25) is 4.79 Å². The summed E-state index contributed by atoms with van der Waals surface area (Å²) in [6.45, 7) is 4.59. The van der Waals surface area contributed by atoms with E-state index >= 15 is 0 Å². The van der Waals surface area contributed by atoms with Crippen LogP contribution in [0.2, 0.25) is 5.02 Å². The van der Waals surface area contributed by atoms with Gasteiger partial charge in [0.15, 0.2) is 0 Å². The predicted molar refractivity (Wildman–Crippen MR) is 138 cm³/mol. The molecular weight excluding hydrogens is 460 g/mol. The van der Waals surface area contributed by atoms with E-state index in [1.165, 1.54) is 12.8 Å². The summed E-state index contributed by atoms with van der Waals surface area (Å²) in [4.78, 5) is 18.0. The van der Waals surface area contributed by atoms with Gasteiger partial charge in [0.05, 0.1) is 28.7 Å². The molecule has 0 bridgehead atoms. The number of carbonyl (C=O) groups excluding carboxylic acids is 1. The first-order valence-corrected chi connectivity index (χ1v) is 13.2. The molecule has 0 radical (unpaired) electrons. The van der Waals surface area contributed by atoms with Crippen LogP contribution >= 0.6 is 11.6 Å². The molecule has 35 heavy (non-hydrogen) atoms. The van der Waals surface area contributed by atoms with Crippen LogP contribution in [0.1, 0.15) is 43.2 Å². The predicted octanol–water partition coefficient (Wildman–Crippen LogP) is 4.40. The first kappa shape index (κ1) is 24.0. The Bertz CT molecular complexity index is 1070. The first-order chi connectivity index (χ1) is 17.1. The van der Waals surface area contributed by atoms with Crippen molar-refractivity contribution in [2.75, 3.05) is 37.6 Å². The number of nitriles is 1. The molecule has 6 nitrogen and oxygen atoms in total. The van der Waals surface area contributed by atoms with Crippen molar-refractivity contribution in [2.24, 2.45) is 5.92 Å². The van der Waals surface area contributed by atoms with E-state index in [9.17, 15) is 4.79 Å². The zero-order valence-corrected chi connectivity index (χ0v) is 20.8. The van der Waals surface area contributed by atoms with Crippen LogP contribution in [0.4, 0.5) is 5.69 Å². The molecule has 1 saturated carbocycles. The van der Waals surface area contributed by atoms with Crippen molar-refractivity contribution in [1.82, 2.24) is 10.2 Å². The first-order valence-electron chi connectivity index (χ1n) is 12.8. The Morgan fingerprint density at radius 2 is 1.89 bits per heavy atom. The van der Waals surface area contributed by atoms with E-state index in [0.717, 1.165) is 68.9 Å². The van der Waals surface area contributed by atoms with E-state index in [1.807, 2.05) is 36.4 Å². The van der Waals surface area contributed by atoms with Crippen LogP contribution in [0.5, 0.6) is 5.75 Å². The smallest absolute Gasteiger partial charge is 0.225 e. The number of anilines is 1. The average molecular weight is 493 g/mol. The number of hydrogen-bond donors (Lipinski definition) is 1. The van der Waals surface area contributed by atoms with Gasteiger partial charge in [-0.05, 0) is 93.6 Å². The van der Waals surface area contributed by atoms with Crippen molar-refractivity contribution in [3.63, 3.8) is 0 Å². The molecule has 2 atom stereocenters. The molecule has 3 aliphatic rings. The molecule has 184 valence electrons. The lowest BCUT2D eigenvalue weighted by Crippen LogP contribution is -2.46. The molecule has 7 heteroatoms. The Hall–Kier alpha value is -2.75. The summed E-state index contributed by atoms with van der Waals surface area (Å²) < 4.78 is 5.88. The molecule has 1 aliphatic carbocycles. The lowest BCUT2D eigenvalue weighted by Gasteiger charge is -2.26. The van der Waals surface area contributed by atoms with E-state index < -0.39 is 0 Å². The second-order valence-corrected chi connectivity index (χ2v) is 10.5. The fourth-order valence-corrected chi connectivity index (χ4v) is 5.38. The zero-order chi connectivity index (χ0) is 24.2. The summed E-state index contributed by atoms with van der Waals surface area (Å²) in [5, 5.41) is 13.1. The topological polar surface area (TPSA) is 68.6 Å². The molecule has 2 aliphatic heterocycles. The molecular formula is C28H33ClN4O2. The van der Waals surface area contributed by atoms with Crippen LogP contribution in [0.15, 0.2) is 42.5 Å². The molecule has 1 N–H and O–H groups in total. The number of rotatable bonds is 9. The van der Waals surface area contributed by atoms with Gasteiger partial charge in [-0.2, -0.15) is 5.26 Å². The Morgan fingerprint density at radius 1 is 1.11 bits per heavy atom. The lowest BCUT2D eigenvalue weighted by molar-refractivity contribution is -0.125. The number of likely N-dealkylation sites (tertiary alicyclic amines) is 1. The van der Waals surface area contributed by atoms with Crippen LogP contribution < -0.4 is 15.0 Å². The fraction of sp³-hybridized carbons (Fsp3) is 0.500. The Balaban J connectivity index is 1.22. The van der Waals surface area contributed by atoms with Crippen LogP contribution in [0, 0.1) is 17.2 Å². The summed E-state index contributed by atoms with van der Waals surface area (Å²) in [6.07, 6.45) is 6.55. The highest BCUT2D eigenvalue weighted by molar-refractivity contribution is 6.32. The van der Waals surface area contributed by atoms with Crippen molar-refractivity contribution in [1.29, 1.82) is 5.26 Å². The minimum Gasteiger partial charge on any atom is -0.489 e. The fourth-order valence-electron chi connectivity index (χ4n) is 5.13. The Morgan fingerprint density at radius 3 is 2.57 bits per heavy atom. The third-order valence-electron chi connectivity index (χ3n) is 7.24. The lowest BCUT2D eigenvalue weighted by atomic mass is 10.0. The monoisotopic (exact) mass is 492 g/mol. The largest absolute Gasteiger partial charge is 0.489 e. The maximum atomic E-state index is 13.3. The highest BCUT2D eigenvalue weighted by Gasteiger charge is 2.31. The SMILES string of the molecule is N#Cc1ccc(N2CCC(C(=O)NC(Cc3ccc(OC4CC4)c(Cl)c3)CN3CCCC3)C2)cc1. The van der Waals surface area contributed by atoms with Crippen molar-refractivity contribution in [3.05, 3.63) is 58.6 Å². The quantitative estimate of drug-likeness (QED) is 0.561. The second kappa shape index (κ2) is 10.9. The third-order valence-corrected chi connectivity index (χ3v) is 7.54. The number of amides is 1. The number of nitrogens with one attached hydrogen (secondary N) is 1. The molecule has 3 fully saturated rings. The third kappa shape index (κ3) is 6.28. The Labute approximate surface area is 212 Å². The summed E-state index contributed by atoms with van der Waals surface area (Å²) in [5.74, 6) is 0.849. The number of benzene rings is 2. The van der Waals surface area contributed by atoms with Gasteiger partial charge in [0.25, 0.3) is 0 Å². The standard InChI is InChI=1S/C28H33ClN4O2/c29-26-16-21(5-10-27(26)35-25-8-9-25)15-23(19-32-12-1-2-13-32)31-28(34)22-11-14-33(18-22)24-6-3-20(17-30)4-7-24/h3-7,10,16,22-23,25H,1-2,8-9,11-15,18-19H2,(H,31,34). The molecule has 2 heterocycles. The van der Waals surface area contributed by atoms with Crippen molar-refractivity contribution < 1.29 is 9.53 Å². The second-order valence-electron chi connectivity index (χ2n) is 10.1. The average Bonchev–Trinajstić information content (AvgIpc) is 3.30. The van der Waals surface area contributed by atoms with Gasteiger partial charge in [-0.15, -0.1) is 0 Å². The van der Waals surface area contributed by atoms with Gasteiger partial charge in [-0.1, -0.05) is 17.7 Å². The van der Waals surface area contributed by atoms with E-state index in [2.05, 4.69) is 27.3 Å². The number of ether oxygens (including phenoxy) is 1. The highest BCUT2D eigenvalue weighted by Crippen LogP contribution is 2.33. The molecule has 1 amide bonds. The summed E-state index contributed by atoms with van der Waals surface area (Å²) in [7, 11) is 0. The summed E-state index contributed by atoms with van der Waals surface area (Å²) >= 11 is 6.51. The minimum atomic E-state index is -0.0374. The van der Waals surface area contributed by atoms with Gasteiger partial charge in [0.1, 0.15) is 5.75 Å². The summed E-state index contributed by atoms with van der Waals surface area (Å²) in [5.41, 5.74) is 2.84.